The van der Waals surface area contributed by atoms with Crippen LogP contribution in [0.2, 0.25) is 0 Å². The number of benzene rings is 1. The fourth-order valence-corrected chi connectivity index (χ4v) is 2.43. The van der Waals surface area contributed by atoms with E-state index in [1.807, 2.05) is 0 Å². The fraction of sp³-hybridized carbons (Fsp3) is 0.571. The van der Waals surface area contributed by atoms with Crippen molar-refractivity contribution in [1.82, 2.24) is 0 Å². The third-order valence-corrected chi connectivity index (χ3v) is 3.69. The SMILES string of the molecule is OC[C@H](O)c1cccc(C2O[C@H](CO)[C@@H](O)[C@H](O)[C@H]2O)c1. The van der Waals surface area contributed by atoms with Crippen LogP contribution in [0, 0.1) is 0 Å². The normalized spacial score (nSPS) is 34.7. The molecule has 6 N–H and O–H groups in total. The lowest BCUT2D eigenvalue weighted by Crippen LogP contribution is -2.55. The first kappa shape index (κ1) is 16.3. The Morgan fingerprint density at radius 3 is 2.38 bits per heavy atom. The molecule has 0 aromatic heterocycles. The van der Waals surface area contributed by atoms with E-state index in [4.69, 9.17) is 14.9 Å². The second-order valence-corrected chi connectivity index (χ2v) is 5.12. The zero-order chi connectivity index (χ0) is 15.6. The first-order chi connectivity index (χ1) is 9.99. The molecule has 1 aliphatic rings. The Kier molecular flexibility index (Phi) is 5.28. The van der Waals surface area contributed by atoms with E-state index >= 15 is 0 Å². The summed E-state index contributed by atoms with van der Waals surface area (Å²) in [7, 11) is 0. The van der Waals surface area contributed by atoms with Crippen molar-refractivity contribution < 1.29 is 35.4 Å². The van der Waals surface area contributed by atoms with Crippen molar-refractivity contribution in [2.75, 3.05) is 13.2 Å². The van der Waals surface area contributed by atoms with Crippen LogP contribution in [-0.4, -0.2) is 68.3 Å². The highest BCUT2D eigenvalue weighted by Gasteiger charge is 2.43. The smallest absolute Gasteiger partial charge is 0.113 e. The number of hydrogen-bond donors (Lipinski definition) is 6. The van der Waals surface area contributed by atoms with Gasteiger partial charge in [0.05, 0.1) is 13.2 Å². The summed E-state index contributed by atoms with van der Waals surface area (Å²) in [4.78, 5) is 0. The molecule has 118 valence electrons. The lowest BCUT2D eigenvalue weighted by molar-refractivity contribution is -0.231. The van der Waals surface area contributed by atoms with Crippen LogP contribution < -0.4 is 0 Å². The first-order valence-corrected chi connectivity index (χ1v) is 6.69. The third-order valence-electron chi connectivity index (χ3n) is 3.69. The summed E-state index contributed by atoms with van der Waals surface area (Å²) in [6.07, 6.45) is -7.23. The van der Waals surface area contributed by atoms with Gasteiger partial charge in [0.25, 0.3) is 0 Å². The molecule has 0 radical (unpaired) electrons. The molecule has 7 heteroatoms. The maximum absolute atomic E-state index is 10.0. The molecule has 1 unspecified atom stereocenters. The Hall–Kier alpha value is -1.06. The third kappa shape index (κ3) is 3.24. The van der Waals surface area contributed by atoms with E-state index in [2.05, 4.69) is 0 Å². The van der Waals surface area contributed by atoms with Gasteiger partial charge in [0, 0.05) is 0 Å². The summed E-state index contributed by atoms with van der Waals surface area (Å²) in [6, 6.07) is 6.38. The fourth-order valence-electron chi connectivity index (χ4n) is 2.43. The lowest BCUT2D eigenvalue weighted by atomic mass is 9.90. The van der Waals surface area contributed by atoms with Gasteiger partial charge in [-0.3, -0.25) is 0 Å². The molecule has 1 saturated heterocycles. The molecule has 0 amide bonds. The quantitative estimate of drug-likeness (QED) is 0.388. The van der Waals surface area contributed by atoms with Gasteiger partial charge in [0.1, 0.15) is 36.6 Å². The molecule has 1 aliphatic heterocycles. The van der Waals surface area contributed by atoms with Gasteiger partial charge in [-0.2, -0.15) is 0 Å². The van der Waals surface area contributed by atoms with E-state index in [-0.39, 0.29) is 0 Å². The van der Waals surface area contributed by atoms with Gasteiger partial charge in [-0.1, -0.05) is 24.3 Å². The van der Waals surface area contributed by atoms with Crippen LogP contribution in [0.4, 0.5) is 0 Å². The van der Waals surface area contributed by atoms with Crippen LogP contribution in [0.3, 0.4) is 0 Å². The molecule has 0 spiro atoms. The summed E-state index contributed by atoms with van der Waals surface area (Å²) >= 11 is 0. The summed E-state index contributed by atoms with van der Waals surface area (Å²) in [6.45, 7) is -0.946. The molecule has 0 bridgehead atoms. The molecule has 1 fully saturated rings. The summed E-state index contributed by atoms with van der Waals surface area (Å²) in [5.41, 5.74) is 0.906. The monoisotopic (exact) mass is 300 g/mol. The largest absolute Gasteiger partial charge is 0.394 e. The summed E-state index contributed by atoms with van der Waals surface area (Å²) in [5.74, 6) is 0. The van der Waals surface area contributed by atoms with E-state index in [0.29, 0.717) is 11.1 Å². The lowest BCUT2D eigenvalue weighted by Gasteiger charge is -2.40. The van der Waals surface area contributed by atoms with Crippen LogP contribution >= 0.6 is 0 Å². The van der Waals surface area contributed by atoms with Crippen molar-refractivity contribution in [3.05, 3.63) is 35.4 Å². The van der Waals surface area contributed by atoms with Crippen LogP contribution in [-0.2, 0) is 4.74 Å². The van der Waals surface area contributed by atoms with Crippen molar-refractivity contribution >= 4 is 0 Å². The average molecular weight is 300 g/mol. The maximum Gasteiger partial charge on any atom is 0.113 e. The van der Waals surface area contributed by atoms with Gasteiger partial charge in [0.2, 0.25) is 0 Å². The van der Waals surface area contributed by atoms with Crippen LogP contribution in [0.1, 0.15) is 23.3 Å². The number of hydrogen-bond acceptors (Lipinski definition) is 7. The highest BCUT2D eigenvalue weighted by molar-refractivity contribution is 5.28. The van der Waals surface area contributed by atoms with E-state index < -0.39 is 49.8 Å². The van der Waals surface area contributed by atoms with Crippen molar-refractivity contribution in [1.29, 1.82) is 0 Å². The zero-order valence-electron chi connectivity index (χ0n) is 11.3. The number of ether oxygens (including phenoxy) is 1. The summed E-state index contributed by atoms with van der Waals surface area (Å²) < 4.78 is 5.43. The maximum atomic E-state index is 10.0. The molecule has 1 heterocycles. The van der Waals surface area contributed by atoms with Gasteiger partial charge < -0.3 is 35.4 Å². The second kappa shape index (κ2) is 6.80. The van der Waals surface area contributed by atoms with Gasteiger partial charge in [0.15, 0.2) is 0 Å². The second-order valence-electron chi connectivity index (χ2n) is 5.12. The number of aliphatic hydroxyl groups excluding tert-OH is 6. The van der Waals surface area contributed by atoms with Crippen molar-refractivity contribution in [2.24, 2.45) is 0 Å². The van der Waals surface area contributed by atoms with E-state index in [0.717, 1.165) is 0 Å². The molecule has 7 nitrogen and oxygen atoms in total. The molecular formula is C14H20O7. The van der Waals surface area contributed by atoms with Crippen molar-refractivity contribution in [3.8, 4) is 0 Å². The minimum Gasteiger partial charge on any atom is -0.394 e. The first-order valence-electron chi connectivity index (χ1n) is 6.69. The van der Waals surface area contributed by atoms with E-state index in [1.54, 1.807) is 18.2 Å². The van der Waals surface area contributed by atoms with Crippen LogP contribution in [0.5, 0.6) is 0 Å². The Morgan fingerprint density at radius 1 is 1.05 bits per heavy atom. The van der Waals surface area contributed by atoms with E-state index in [1.165, 1.54) is 6.07 Å². The Labute approximate surface area is 121 Å². The minimum absolute atomic E-state index is 0.437. The average Bonchev–Trinajstić information content (AvgIpc) is 2.52. The number of rotatable bonds is 4. The van der Waals surface area contributed by atoms with Crippen LogP contribution in [0.25, 0.3) is 0 Å². The molecule has 1 aromatic carbocycles. The molecule has 0 saturated carbocycles. The summed E-state index contributed by atoms with van der Waals surface area (Å²) in [5, 5.41) is 57.3. The van der Waals surface area contributed by atoms with Crippen molar-refractivity contribution in [3.63, 3.8) is 0 Å². The Morgan fingerprint density at radius 2 is 1.76 bits per heavy atom. The molecule has 6 atom stereocenters. The van der Waals surface area contributed by atoms with Gasteiger partial charge >= 0.3 is 0 Å². The molecule has 2 rings (SSSR count). The van der Waals surface area contributed by atoms with Gasteiger partial charge in [-0.15, -0.1) is 0 Å². The molecule has 0 aliphatic carbocycles. The minimum atomic E-state index is -1.45. The topological polar surface area (TPSA) is 131 Å². The highest BCUT2D eigenvalue weighted by atomic mass is 16.5. The predicted molar refractivity (Wildman–Crippen MR) is 71.2 cm³/mol. The predicted octanol–water partition coefficient (Wildman–Crippen LogP) is -1.77. The standard InChI is InChI=1S/C14H20O7/c15-5-9(17)7-2-1-3-8(4-7)14-13(20)12(19)11(18)10(6-16)21-14/h1-4,9-20H,5-6H2/t9-,10+,11+,12-,13+,14?/m0/s1. The van der Waals surface area contributed by atoms with Crippen molar-refractivity contribution in [2.45, 2.75) is 36.6 Å². The van der Waals surface area contributed by atoms with Crippen LogP contribution in [0.15, 0.2) is 24.3 Å². The van der Waals surface area contributed by atoms with E-state index in [9.17, 15) is 20.4 Å². The highest BCUT2D eigenvalue weighted by Crippen LogP contribution is 2.33. The Balaban J connectivity index is 2.27. The molecule has 21 heavy (non-hydrogen) atoms. The Bertz CT molecular complexity index is 464. The zero-order valence-corrected chi connectivity index (χ0v) is 11.3. The van der Waals surface area contributed by atoms with Gasteiger partial charge in [-0.25, -0.2) is 0 Å². The van der Waals surface area contributed by atoms with Gasteiger partial charge in [-0.05, 0) is 11.1 Å². The number of aliphatic hydroxyl groups is 6. The molecule has 1 aromatic rings. The molecular weight excluding hydrogens is 280 g/mol.